The summed E-state index contributed by atoms with van der Waals surface area (Å²) in [5.74, 6) is 0.266. The van der Waals surface area contributed by atoms with Crippen LogP contribution in [0.5, 0.6) is 0 Å². The van der Waals surface area contributed by atoms with E-state index in [9.17, 15) is 14.7 Å². The maximum absolute atomic E-state index is 11.8. The first kappa shape index (κ1) is 14.0. The van der Waals surface area contributed by atoms with Gasteiger partial charge in [-0.1, -0.05) is 11.6 Å². The van der Waals surface area contributed by atoms with Gasteiger partial charge in [-0.2, -0.15) is 0 Å². The summed E-state index contributed by atoms with van der Waals surface area (Å²) in [7, 11) is 0. The van der Waals surface area contributed by atoms with E-state index in [1.54, 1.807) is 13.0 Å². The summed E-state index contributed by atoms with van der Waals surface area (Å²) in [5, 5.41) is 17.6. The van der Waals surface area contributed by atoms with Crippen LogP contribution in [0.1, 0.15) is 24.8 Å². The van der Waals surface area contributed by atoms with Crippen molar-refractivity contribution in [2.24, 2.45) is 5.92 Å². The van der Waals surface area contributed by atoms with Gasteiger partial charge in [-0.05, 0) is 36.8 Å². The monoisotopic (exact) mass is 308 g/mol. The highest BCUT2D eigenvalue weighted by atomic mass is 35.5. The summed E-state index contributed by atoms with van der Waals surface area (Å²) >= 11 is 6.05. The molecular formula is C13H13ClN4O3. The molecule has 110 valence electrons. The molecule has 2 heterocycles. The topological polar surface area (TPSA) is 112 Å². The molecule has 2 aromatic heterocycles. The van der Waals surface area contributed by atoms with Gasteiger partial charge in [0.25, 0.3) is 5.56 Å². The summed E-state index contributed by atoms with van der Waals surface area (Å²) < 4.78 is 0. The molecule has 0 amide bonds. The Morgan fingerprint density at radius 2 is 2.19 bits per heavy atom. The van der Waals surface area contributed by atoms with E-state index in [-0.39, 0.29) is 22.6 Å². The SMILES string of the molecule is CC(O)[C@H]1C[C@@H]1c1cc(-c2c[nH]c(=O)[nH]c2=O)nnc1Cl. The summed E-state index contributed by atoms with van der Waals surface area (Å²) in [6, 6.07) is 1.69. The Morgan fingerprint density at radius 3 is 2.81 bits per heavy atom. The number of halogens is 1. The highest BCUT2D eigenvalue weighted by molar-refractivity contribution is 6.30. The lowest BCUT2D eigenvalue weighted by atomic mass is 10.1. The number of aliphatic hydroxyl groups excluding tert-OH is 1. The fourth-order valence-corrected chi connectivity index (χ4v) is 2.72. The van der Waals surface area contributed by atoms with E-state index in [0.717, 1.165) is 12.0 Å². The molecule has 0 aliphatic heterocycles. The number of hydrogen-bond donors (Lipinski definition) is 3. The molecule has 0 saturated heterocycles. The third-order valence-electron chi connectivity index (χ3n) is 3.73. The van der Waals surface area contributed by atoms with E-state index in [0.29, 0.717) is 5.69 Å². The molecule has 3 rings (SSSR count). The van der Waals surface area contributed by atoms with Crippen LogP contribution >= 0.6 is 11.6 Å². The lowest BCUT2D eigenvalue weighted by Gasteiger charge is -2.06. The molecule has 1 fully saturated rings. The van der Waals surface area contributed by atoms with E-state index in [1.807, 2.05) is 0 Å². The van der Waals surface area contributed by atoms with E-state index >= 15 is 0 Å². The molecule has 21 heavy (non-hydrogen) atoms. The van der Waals surface area contributed by atoms with Crippen molar-refractivity contribution in [2.75, 3.05) is 0 Å². The standard InChI is InChI=1S/C13H13ClN4O3/c1-5(19)6-2-7(6)8-3-10(17-18-11(8)14)9-4-15-13(21)16-12(9)20/h3-7,19H,2H2,1H3,(H2,15,16,20,21)/t5?,6-,7+/m1/s1. The van der Waals surface area contributed by atoms with Crippen molar-refractivity contribution in [1.29, 1.82) is 0 Å². The number of aliphatic hydroxyl groups is 1. The van der Waals surface area contributed by atoms with E-state index in [2.05, 4.69) is 20.2 Å². The molecule has 0 spiro atoms. The molecule has 7 nitrogen and oxygen atoms in total. The van der Waals surface area contributed by atoms with Crippen molar-refractivity contribution >= 4 is 11.6 Å². The highest BCUT2D eigenvalue weighted by Crippen LogP contribution is 2.51. The molecule has 1 saturated carbocycles. The van der Waals surface area contributed by atoms with Gasteiger partial charge in [0.2, 0.25) is 0 Å². The molecule has 0 aromatic carbocycles. The second-order valence-corrected chi connectivity index (χ2v) is 5.57. The Morgan fingerprint density at radius 1 is 1.43 bits per heavy atom. The predicted octanol–water partition coefficient (Wildman–Crippen LogP) is 0.658. The van der Waals surface area contributed by atoms with Crippen molar-refractivity contribution in [2.45, 2.75) is 25.4 Å². The summed E-state index contributed by atoms with van der Waals surface area (Å²) in [6.07, 6.45) is 1.70. The maximum atomic E-state index is 11.8. The number of H-pyrrole nitrogens is 2. The Kier molecular flexibility index (Phi) is 3.38. The van der Waals surface area contributed by atoms with Gasteiger partial charge in [0.15, 0.2) is 5.15 Å². The van der Waals surface area contributed by atoms with Gasteiger partial charge in [-0.3, -0.25) is 9.78 Å². The number of aromatic amines is 2. The summed E-state index contributed by atoms with van der Waals surface area (Å²) in [4.78, 5) is 27.3. The average molecular weight is 309 g/mol. The van der Waals surface area contributed by atoms with Gasteiger partial charge in [0.05, 0.1) is 11.7 Å². The molecule has 1 aliphatic carbocycles. The van der Waals surface area contributed by atoms with Gasteiger partial charge in [0.1, 0.15) is 5.69 Å². The van der Waals surface area contributed by atoms with Gasteiger partial charge in [-0.25, -0.2) is 4.79 Å². The third kappa shape index (κ3) is 2.62. The second kappa shape index (κ2) is 5.09. The number of aromatic nitrogens is 4. The lowest BCUT2D eigenvalue weighted by molar-refractivity contribution is 0.169. The Bertz CT molecular complexity index is 798. The number of nitrogens with one attached hydrogen (secondary N) is 2. The Labute approximate surface area is 124 Å². The lowest BCUT2D eigenvalue weighted by Crippen LogP contribution is -2.23. The van der Waals surface area contributed by atoms with Crippen LogP contribution in [-0.4, -0.2) is 31.4 Å². The molecule has 3 atom stereocenters. The van der Waals surface area contributed by atoms with E-state index in [4.69, 9.17) is 11.6 Å². The first-order valence-corrected chi connectivity index (χ1v) is 6.88. The predicted molar refractivity (Wildman–Crippen MR) is 76.2 cm³/mol. The molecule has 0 radical (unpaired) electrons. The summed E-state index contributed by atoms with van der Waals surface area (Å²) in [6.45, 7) is 1.74. The Hall–Kier alpha value is -1.99. The largest absolute Gasteiger partial charge is 0.393 e. The van der Waals surface area contributed by atoms with Crippen molar-refractivity contribution in [3.8, 4) is 11.3 Å². The van der Waals surface area contributed by atoms with Gasteiger partial charge in [0, 0.05) is 6.20 Å². The van der Waals surface area contributed by atoms with Crippen LogP contribution in [0.3, 0.4) is 0 Å². The van der Waals surface area contributed by atoms with Crippen molar-refractivity contribution < 1.29 is 5.11 Å². The van der Waals surface area contributed by atoms with Crippen molar-refractivity contribution in [3.05, 3.63) is 43.8 Å². The van der Waals surface area contributed by atoms with Crippen LogP contribution in [0.25, 0.3) is 11.3 Å². The van der Waals surface area contributed by atoms with E-state index < -0.39 is 17.4 Å². The maximum Gasteiger partial charge on any atom is 0.325 e. The number of rotatable bonds is 3. The summed E-state index contributed by atoms with van der Waals surface area (Å²) in [5.41, 5.74) is 0.196. The van der Waals surface area contributed by atoms with E-state index in [1.165, 1.54) is 6.20 Å². The fourth-order valence-electron chi connectivity index (χ4n) is 2.49. The smallest absolute Gasteiger partial charge is 0.325 e. The molecular weight excluding hydrogens is 296 g/mol. The third-order valence-corrected chi connectivity index (χ3v) is 4.02. The normalized spacial score (nSPS) is 22.0. The fraction of sp³-hybridized carbons (Fsp3) is 0.385. The highest BCUT2D eigenvalue weighted by Gasteiger charge is 2.43. The molecule has 1 unspecified atom stereocenters. The van der Waals surface area contributed by atoms with Crippen molar-refractivity contribution in [3.63, 3.8) is 0 Å². The van der Waals surface area contributed by atoms with Crippen LogP contribution < -0.4 is 11.2 Å². The van der Waals surface area contributed by atoms with Gasteiger partial charge >= 0.3 is 5.69 Å². The minimum absolute atomic E-state index is 0.119. The van der Waals surface area contributed by atoms with Crippen molar-refractivity contribution in [1.82, 2.24) is 20.2 Å². The van der Waals surface area contributed by atoms with Crippen LogP contribution in [-0.2, 0) is 0 Å². The van der Waals surface area contributed by atoms with Gasteiger partial charge in [-0.15, -0.1) is 10.2 Å². The van der Waals surface area contributed by atoms with Crippen LogP contribution in [0.4, 0.5) is 0 Å². The van der Waals surface area contributed by atoms with Crippen LogP contribution in [0, 0.1) is 5.92 Å². The first-order valence-electron chi connectivity index (χ1n) is 6.51. The molecule has 3 N–H and O–H groups in total. The first-order chi connectivity index (χ1) is 9.97. The second-order valence-electron chi connectivity index (χ2n) is 5.21. The van der Waals surface area contributed by atoms with Crippen LogP contribution in [0.2, 0.25) is 5.15 Å². The zero-order valence-electron chi connectivity index (χ0n) is 11.1. The minimum atomic E-state index is -0.581. The number of nitrogens with zero attached hydrogens (tertiary/aromatic N) is 2. The quantitative estimate of drug-likeness (QED) is 0.771. The molecule has 2 aromatic rings. The number of hydrogen-bond acceptors (Lipinski definition) is 5. The Balaban J connectivity index is 2.02. The van der Waals surface area contributed by atoms with Gasteiger partial charge < -0.3 is 10.1 Å². The average Bonchev–Trinajstić information content (AvgIpc) is 3.20. The zero-order valence-corrected chi connectivity index (χ0v) is 11.9. The molecule has 0 bridgehead atoms. The minimum Gasteiger partial charge on any atom is -0.393 e. The molecule has 1 aliphatic rings. The zero-order chi connectivity index (χ0) is 15.1. The molecule has 8 heteroatoms. The van der Waals surface area contributed by atoms with Crippen LogP contribution in [0.15, 0.2) is 21.9 Å².